The lowest BCUT2D eigenvalue weighted by molar-refractivity contribution is 0.0571. The number of nitrogens with one attached hydrogen (secondary N) is 2. The van der Waals surface area contributed by atoms with E-state index in [0.717, 1.165) is 32.6 Å². The minimum Gasteiger partial charge on any atom is -0.381 e. The van der Waals surface area contributed by atoms with E-state index in [-0.39, 0.29) is 12.1 Å². The largest absolute Gasteiger partial charge is 0.381 e. The Balaban J connectivity index is 1.48. The predicted octanol–water partition coefficient (Wildman–Crippen LogP) is 2.90. The Morgan fingerprint density at radius 2 is 1.88 bits per heavy atom. The number of benzene rings is 1. The molecule has 2 N–H and O–H groups in total. The molecule has 1 aromatic carbocycles. The molecular weight excluding hydrogens is 314 g/mol. The molecule has 1 aromatic rings. The number of ether oxygens (including phenoxy) is 1. The van der Waals surface area contributed by atoms with Crippen LogP contribution < -0.4 is 10.6 Å². The number of carbonyl (C=O) groups is 1. The molecule has 0 unspecified atom stereocenters. The molecule has 0 saturated carbocycles. The lowest BCUT2D eigenvalue weighted by Crippen LogP contribution is -2.45. The summed E-state index contributed by atoms with van der Waals surface area (Å²) in [6, 6.07) is 8.54. The van der Waals surface area contributed by atoms with Crippen molar-refractivity contribution in [1.82, 2.24) is 15.5 Å². The fourth-order valence-electron chi connectivity index (χ4n) is 3.83. The van der Waals surface area contributed by atoms with Crippen LogP contribution in [0.15, 0.2) is 24.3 Å². The fourth-order valence-corrected chi connectivity index (χ4v) is 3.83. The second kappa shape index (κ2) is 9.20. The third-order valence-corrected chi connectivity index (χ3v) is 5.48. The predicted molar refractivity (Wildman–Crippen MR) is 99.3 cm³/mol. The van der Waals surface area contributed by atoms with Crippen molar-refractivity contribution in [2.45, 2.75) is 51.7 Å². The molecule has 3 rings (SSSR count). The van der Waals surface area contributed by atoms with Gasteiger partial charge in [0, 0.05) is 32.3 Å². The van der Waals surface area contributed by atoms with Crippen LogP contribution in [0.25, 0.3) is 0 Å². The highest BCUT2D eigenvalue weighted by Gasteiger charge is 2.21. The first kappa shape index (κ1) is 18.2. The molecule has 0 spiro atoms. The maximum absolute atomic E-state index is 12.3. The first-order valence-electron chi connectivity index (χ1n) is 9.63. The van der Waals surface area contributed by atoms with Crippen molar-refractivity contribution < 1.29 is 9.53 Å². The van der Waals surface area contributed by atoms with Crippen molar-refractivity contribution >= 4 is 6.03 Å². The van der Waals surface area contributed by atoms with E-state index < -0.39 is 0 Å². The molecule has 5 nitrogen and oxygen atoms in total. The summed E-state index contributed by atoms with van der Waals surface area (Å²) in [5.41, 5.74) is 2.53. The highest BCUT2D eigenvalue weighted by molar-refractivity contribution is 5.74. The number of hydrogen-bond donors (Lipinski definition) is 2. The fraction of sp³-hybridized carbons (Fsp3) is 0.650. The molecule has 2 fully saturated rings. The van der Waals surface area contributed by atoms with Gasteiger partial charge in [-0.25, -0.2) is 4.79 Å². The zero-order chi connectivity index (χ0) is 17.5. The second-order valence-electron chi connectivity index (χ2n) is 7.32. The SMILES string of the molecule is C[C@H](NC(=O)NCc1ccccc1CN1CCCC1)C1CCOCC1. The summed E-state index contributed by atoms with van der Waals surface area (Å²) in [5.74, 6) is 0.516. The van der Waals surface area contributed by atoms with Gasteiger partial charge in [0.15, 0.2) is 0 Å². The number of hydrogen-bond acceptors (Lipinski definition) is 3. The van der Waals surface area contributed by atoms with E-state index in [1.807, 2.05) is 6.07 Å². The zero-order valence-corrected chi connectivity index (χ0v) is 15.3. The van der Waals surface area contributed by atoms with Gasteiger partial charge in [0.2, 0.25) is 0 Å². The standard InChI is InChI=1S/C20H31N3O2/c1-16(17-8-12-25-13-9-17)22-20(24)21-14-18-6-2-3-7-19(18)15-23-10-4-5-11-23/h2-3,6-7,16-17H,4-5,8-15H2,1H3,(H2,21,22,24)/t16-/m0/s1. The highest BCUT2D eigenvalue weighted by Crippen LogP contribution is 2.19. The van der Waals surface area contributed by atoms with Crippen LogP contribution in [0.3, 0.4) is 0 Å². The van der Waals surface area contributed by atoms with Gasteiger partial charge in [0.1, 0.15) is 0 Å². The number of rotatable bonds is 6. The quantitative estimate of drug-likeness (QED) is 0.833. The average Bonchev–Trinajstić information content (AvgIpc) is 3.15. The highest BCUT2D eigenvalue weighted by atomic mass is 16.5. The average molecular weight is 345 g/mol. The Bertz CT molecular complexity index is 552. The van der Waals surface area contributed by atoms with Crippen LogP contribution in [-0.4, -0.2) is 43.3 Å². The Morgan fingerprint density at radius 1 is 1.20 bits per heavy atom. The minimum atomic E-state index is -0.0741. The first-order valence-corrected chi connectivity index (χ1v) is 9.63. The minimum absolute atomic E-state index is 0.0741. The van der Waals surface area contributed by atoms with Crippen LogP contribution in [0.5, 0.6) is 0 Å². The van der Waals surface area contributed by atoms with E-state index in [0.29, 0.717) is 12.5 Å². The van der Waals surface area contributed by atoms with Gasteiger partial charge in [-0.1, -0.05) is 24.3 Å². The molecular formula is C20H31N3O2. The number of nitrogens with zero attached hydrogens (tertiary/aromatic N) is 1. The topological polar surface area (TPSA) is 53.6 Å². The van der Waals surface area contributed by atoms with Gasteiger partial charge in [-0.05, 0) is 62.7 Å². The van der Waals surface area contributed by atoms with Crippen LogP contribution in [-0.2, 0) is 17.8 Å². The van der Waals surface area contributed by atoms with E-state index in [1.165, 1.54) is 37.1 Å². The Morgan fingerprint density at radius 3 is 2.60 bits per heavy atom. The maximum Gasteiger partial charge on any atom is 0.315 e. The summed E-state index contributed by atoms with van der Waals surface area (Å²) in [4.78, 5) is 14.8. The summed E-state index contributed by atoms with van der Waals surface area (Å²) in [6.07, 6.45) is 4.65. The van der Waals surface area contributed by atoms with E-state index in [1.54, 1.807) is 0 Å². The third-order valence-electron chi connectivity index (χ3n) is 5.48. The van der Waals surface area contributed by atoms with Crippen LogP contribution in [0, 0.1) is 5.92 Å². The number of amides is 2. The van der Waals surface area contributed by atoms with Gasteiger partial charge in [0.05, 0.1) is 0 Å². The molecule has 2 aliphatic rings. The summed E-state index contributed by atoms with van der Waals surface area (Å²) in [5, 5.41) is 6.13. The molecule has 1 atom stereocenters. The summed E-state index contributed by atoms with van der Waals surface area (Å²) >= 11 is 0. The van der Waals surface area contributed by atoms with Gasteiger partial charge in [0.25, 0.3) is 0 Å². The molecule has 0 aliphatic carbocycles. The summed E-state index contributed by atoms with van der Waals surface area (Å²) < 4.78 is 5.40. The molecule has 2 heterocycles. The van der Waals surface area contributed by atoms with Gasteiger partial charge in [-0.3, -0.25) is 4.90 Å². The van der Waals surface area contributed by atoms with Gasteiger partial charge < -0.3 is 15.4 Å². The van der Waals surface area contributed by atoms with Crippen LogP contribution in [0.1, 0.15) is 43.7 Å². The van der Waals surface area contributed by atoms with Crippen LogP contribution >= 0.6 is 0 Å². The molecule has 2 amide bonds. The van der Waals surface area contributed by atoms with E-state index >= 15 is 0 Å². The molecule has 0 radical (unpaired) electrons. The van der Waals surface area contributed by atoms with Crippen molar-refractivity contribution in [2.24, 2.45) is 5.92 Å². The monoisotopic (exact) mass is 345 g/mol. The lowest BCUT2D eigenvalue weighted by Gasteiger charge is -2.28. The molecule has 2 aliphatic heterocycles. The second-order valence-corrected chi connectivity index (χ2v) is 7.32. The Kier molecular flexibility index (Phi) is 6.70. The molecule has 0 bridgehead atoms. The molecule has 0 aromatic heterocycles. The van der Waals surface area contributed by atoms with Gasteiger partial charge >= 0.3 is 6.03 Å². The molecule has 5 heteroatoms. The van der Waals surface area contributed by atoms with E-state index in [2.05, 4.69) is 40.7 Å². The summed E-state index contributed by atoms with van der Waals surface area (Å²) in [7, 11) is 0. The normalized spacial score (nSPS) is 20.4. The zero-order valence-electron chi connectivity index (χ0n) is 15.3. The van der Waals surface area contributed by atoms with Crippen molar-refractivity contribution in [3.63, 3.8) is 0 Å². The van der Waals surface area contributed by atoms with Gasteiger partial charge in [-0.2, -0.15) is 0 Å². The third kappa shape index (κ3) is 5.44. The molecule has 25 heavy (non-hydrogen) atoms. The van der Waals surface area contributed by atoms with Crippen LogP contribution in [0.2, 0.25) is 0 Å². The van der Waals surface area contributed by atoms with Gasteiger partial charge in [-0.15, -0.1) is 0 Å². The van der Waals surface area contributed by atoms with Crippen LogP contribution in [0.4, 0.5) is 4.79 Å². The Labute approximate surface area is 151 Å². The maximum atomic E-state index is 12.3. The lowest BCUT2D eigenvalue weighted by atomic mass is 9.93. The number of urea groups is 1. The van der Waals surface area contributed by atoms with E-state index in [9.17, 15) is 4.79 Å². The Hall–Kier alpha value is -1.59. The number of likely N-dealkylation sites (tertiary alicyclic amines) is 1. The van der Waals surface area contributed by atoms with Crippen molar-refractivity contribution in [1.29, 1.82) is 0 Å². The van der Waals surface area contributed by atoms with Crippen molar-refractivity contribution in [3.8, 4) is 0 Å². The molecule has 138 valence electrons. The number of carbonyl (C=O) groups excluding carboxylic acids is 1. The van der Waals surface area contributed by atoms with Crippen molar-refractivity contribution in [3.05, 3.63) is 35.4 Å². The first-order chi connectivity index (χ1) is 12.2. The summed E-state index contributed by atoms with van der Waals surface area (Å²) in [6.45, 7) is 7.64. The van der Waals surface area contributed by atoms with E-state index in [4.69, 9.17) is 4.74 Å². The van der Waals surface area contributed by atoms with Crippen molar-refractivity contribution in [2.75, 3.05) is 26.3 Å². The molecule has 2 saturated heterocycles. The smallest absolute Gasteiger partial charge is 0.315 e.